The Hall–Kier alpha value is -0.540. The molecular weight excluding hydrogens is 326 g/mol. The molecule has 0 aliphatic heterocycles. The van der Waals surface area contributed by atoms with Crippen LogP contribution in [0.15, 0.2) is 22.7 Å². The van der Waals surface area contributed by atoms with E-state index in [9.17, 15) is 0 Å². The SMILES string of the molecule is CCNC(CCC1CCCCC1)c1ccc(OC)cc1Br. The Labute approximate surface area is 137 Å². The Kier molecular flexibility index (Phi) is 7.05. The topological polar surface area (TPSA) is 21.3 Å². The molecule has 3 heteroatoms. The third kappa shape index (κ3) is 5.00. The summed E-state index contributed by atoms with van der Waals surface area (Å²) in [6, 6.07) is 6.76. The Morgan fingerprint density at radius 2 is 2.05 bits per heavy atom. The molecular formula is C18H28BrNO. The molecule has 1 atom stereocenters. The lowest BCUT2D eigenvalue weighted by molar-refractivity contribution is 0.315. The van der Waals surface area contributed by atoms with E-state index < -0.39 is 0 Å². The minimum atomic E-state index is 0.442. The number of halogens is 1. The minimum Gasteiger partial charge on any atom is -0.497 e. The minimum absolute atomic E-state index is 0.442. The second-order valence-electron chi connectivity index (χ2n) is 6.08. The molecule has 1 aliphatic rings. The summed E-state index contributed by atoms with van der Waals surface area (Å²) in [5, 5.41) is 3.65. The van der Waals surface area contributed by atoms with Crippen LogP contribution in [-0.4, -0.2) is 13.7 Å². The third-order valence-corrected chi connectivity index (χ3v) is 5.31. The maximum absolute atomic E-state index is 5.29. The monoisotopic (exact) mass is 353 g/mol. The van der Waals surface area contributed by atoms with Gasteiger partial charge in [0.15, 0.2) is 0 Å². The highest BCUT2D eigenvalue weighted by Gasteiger charge is 2.18. The van der Waals surface area contributed by atoms with Gasteiger partial charge in [0.25, 0.3) is 0 Å². The van der Waals surface area contributed by atoms with E-state index in [0.29, 0.717) is 6.04 Å². The van der Waals surface area contributed by atoms with Gasteiger partial charge in [-0.2, -0.15) is 0 Å². The van der Waals surface area contributed by atoms with Crippen LogP contribution < -0.4 is 10.1 Å². The molecule has 2 nitrogen and oxygen atoms in total. The van der Waals surface area contributed by atoms with Gasteiger partial charge in [0.1, 0.15) is 5.75 Å². The first kappa shape index (κ1) is 16.8. The highest BCUT2D eigenvalue weighted by Crippen LogP contribution is 2.33. The van der Waals surface area contributed by atoms with Gasteiger partial charge in [-0.15, -0.1) is 0 Å². The van der Waals surface area contributed by atoms with Crippen LogP contribution in [0.1, 0.15) is 63.5 Å². The molecule has 1 aromatic rings. The Morgan fingerprint density at radius 1 is 1.29 bits per heavy atom. The normalized spacial score (nSPS) is 17.7. The maximum Gasteiger partial charge on any atom is 0.120 e. The molecule has 0 bridgehead atoms. The molecule has 1 N–H and O–H groups in total. The van der Waals surface area contributed by atoms with Crippen molar-refractivity contribution < 1.29 is 4.74 Å². The van der Waals surface area contributed by atoms with Crippen LogP contribution in [0.5, 0.6) is 5.75 Å². The van der Waals surface area contributed by atoms with E-state index in [1.165, 1.54) is 50.5 Å². The van der Waals surface area contributed by atoms with E-state index in [4.69, 9.17) is 4.74 Å². The lowest BCUT2D eigenvalue weighted by Crippen LogP contribution is -2.22. The fraction of sp³-hybridized carbons (Fsp3) is 0.667. The Morgan fingerprint density at radius 3 is 2.67 bits per heavy atom. The summed E-state index contributed by atoms with van der Waals surface area (Å²) in [5.41, 5.74) is 1.36. The van der Waals surface area contributed by atoms with Gasteiger partial charge in [-0.3, -0.25) is 0 Å². The summed E-state index contributed by atoms with van der Waals surface area (Å²) in [5.74, 6) is 1.85. The molecule has 0 heterocycles. The molecule has 0 aromatic heterocycles. The smallest absolute Gasteiger partial charge is 0.120 e. The van der Waals surface area contributed by atoms with Crippen molar-refractivity contribution in [2.75, 3.05) is 13.7 Å². The molecule has 1 aromatic carbocycles. The van der Waals surface area contributed by atoms with Gasteiger partial charge in [-0.1, -0.05) is 61.0 Å². The molecule has 0 amide bonds. The third-order valence-electron chi connectivity index (χ3n) is 4.62. The summed E-state index contributed by atoms with van der Waals surface area (Å²) in [6.45, 7) is 3.19. The molecule has 0 saturated heterocycles. The predicted octanol–water partition coefficient (Wildman–Crippen LogP) is 5.47. The van der Waals surface area contributed by atoms with Crippen LogP contribution in [0.25, 0.3) is 0 Å². The second-order valence-corrected chi connectivity index (χ2v) is 6.93. The molecule has 1 aliphatic carbocycles. The van der Waals surface area contributed by atoms with E-state index in [0.717, 1.165) is 22.7 Å². The van der Waals surface area contributed by atoms with Crippen molar-refractivity contribution in [2.24, 2.45) is 5.92 Å². The molecule has 21 heavy (non-hydrogen) atoms. The summed E-state index contributed by atoms with van der Waals surface area (Å²) in [4.78, 5) is 0. The maximum atomic E-state index is 5.29. The van der Waals surface area contributed by atoms with Crippen molar-refractivity contribution >= 4 is 15.9 Å². The zero-order valence-electron chi connectivity index (χ0n) is 13.3. The van der Waals surface area contributed by atoms with Gasteiger partial charge < -0.3 is 10.1 Å². The first-order chi connectivity index (χ1) is 10.2. The van der Waals surface area contributed by atoms with Gasteiger partial charge in [0.05, 0.1) is 7.11 Å². The van der Waals surface area contributed by atoms with Gasteiger partial charge in [0.2, 0.25) is 0 Å². The fourth-order valence-electron chi connectivity index (χ4n) is 3.41. The van der Waals surface area contributed by atoms with Crippen LogP contribution >= 0.6 is 15.9 Å². The van der Waals surface area contributed by atoms with Gasteiger partial charge >= 0.3 is 0 Å². The Balaban J connectivity index is 2.00. The van der Waals surface area contributed by atoms with E-state index in [1.807, 2.05) is 0 Å². The fourth-order valence-corrected chi connectivity index (χ4v) is 4.04. The number of benzene rings is 1. The second kappa shape index (κ2) is 8.79. The number of hydrogen-bond donors (Lipinski definition) is 1. The first-order valence-corrected chi connectivity index (χ1v) is 9.10. The van der Waals surface area contributed by atoms with Crippen molar-refractivity contribution in [3.05, 3.63) is 28.2 Å². The largest absolute Gasteiger partial charge is 0.497 e. The molecule has 1 unspecified atom stereocenters. The average Bonchev–Trinajstić information content (AvgIpc) is 2.52. The quantitative estimate of drug-likeness (QED) is 0.701. The van der Waals surface area contributed by atoms with Gasteiger partial charge in [0, 0.05) is 10.5 Å². The van der Waals surface area contributed by atoms with Gasteiger partial charge in [-0.25, -0.2) is 0 Å². The van der Waals surface area contributed by atoms with Crippen LogP contribution in [0.4, 0.5) is 0 Å². The first-order valence-electron chi connectivity index (χ1n) is 8.31. The lowest BCUT2D eigenvalue weighted by Gasteiger charge is -2.25. The zero-order valence-corrected chi connectivity index (χ0v) is 14.9. The average molecular weight is 354 g/mol. The molecule has 118 valence electrons. The Bertz CT molecular complexity index is 429. The van der Waals surface area contributed by atoms with E-state index in [2.05, 4.69) is 46.4 Å². The van der Waals surface area contributed by atoms with Crippen LogP contribution in [0, 0.1) is 5.92 Å². The predicted molar refractivity (Wildman–Crippen MR) is 92.9 cm³/mol. The highest BCUT2D eigenvalue weighted by molar-refractivity contribution is 9.10. The van der Waals surface area contributed by atoms with Crippen molar-refractivity contribution in [1.29, 1.82) is 0 Å². The van der Waals surface area contributed by atoms with E-state index >= 15 is 0 Å². The summed E-state index contributed by atoms with van der Waals surface area (Å²) in [7, 11) is 1.71. The summed E-state index contributed by atoms with van der Waals surface area (Å²) in [6.07, 6.45) is 9.74. The van der Waals surface area contributed by atoms with Crippen LogP contribution in [0.3, 0.4) is 0 Å². The number of methoxy groups -OCH3 is 1. The van der Waals surface area contributed by atoms with E-state index in [-0.39, 0.29) is 0 Å². The van der Waals surface area contributed by atoms with Crippen molar-refractivity contribution in [3.8, 4) is 5.75 Å². The van der Waals surface area contributed by atoms with Crippen molar-refractivity contribution in [1.82, 2.24) is 5.32 Å². The van der Waals surface area contributed by atoms with E-state index in [1.54, 1.807) is 7.11 Å². The number of rotatable bonds is 7. The van der Waals surface area contributed by atoms with Crippen LogP contribution in [-0.2, 0) is 0 Å². The molecule has 0 radical (unpaired) electrons. The van der Waals surface area contributed by atoms with Crippen molar-refractivity contribution in [3.63, 3.8) is 0 Å². The summed E-state index contributed by atoms with van der Waals surface area (Å²) >= 11 is 3.70. The standard InChI is InChI=1S/C18H28BrNO/c1-3-20-18(12-9-14-7-5-4-6-8-14)16-11-10-15(21-2)13-17(16)19/h10-11,13-14,18,20H,3-9,12H2,1-2H3. The van der Waals surface area contributed by atoms with Gasteiger partial charge in [-0.05, 0) is 43.0 Å². The number of hydrogen-bond acceptors (Lipinski definition) is 2. The zero-order chi connectivity index (χ0) is 15.1. The highest BCUT2D eigenvalue weighted by atomic mass is 79.9. The molecule has 0 spiro atoms. The molecule has 2 rings (SSSR count). The number of nitrogens with one attached hydrogen (secondary N) is 1. The molecule has 1 saturated carbocycles. The van der Waals surface area contributed by atoms with Crippen LogP contribution in [0.2, 0.25) is 0 Å². The summed E-state index contributed by atoms with van der Waals surface area (Å²) < 4.78 is 6.44. The number of ether oxygens (including phenoxy) is 1. The molecule has 1 fully saturated rings. The lowest BCUT2D eigenvalue weighted by atomic mass is 9.84. The van der Waals surface area contributed by atoms with Crippen molar-refractivity contribution in [2.45, 2.75) is 57.9 Å².